The Balaban J connectivity index is 0.000000122. The van der Waals surface area contributed by atoms with Crippen LogP contribution in [0.5, 0.6) is 0 Å². The second-order valence-corrected chi connectivity index (χ2v) is 10.6. The summed E-state index contributed by atoms with van der Waals surface area (Å²) in [6.07, 6.45) is 10.4. The maximum Gasteiger partial charge on any atom is 0.251 e. The first-order valence-corrected chi connectivity index (χ1v) is 13.4. The Kier molecular flexibility index (Phi) is 5.09. The summed E-state index contributed by atoms with van der Waals surface area (Å²) in [6, 6.07) is 17.1. The summed E-state index contributed by atoms with van der Waals surface area (Å²) >= 11 is 0. The molecule has 8 rings (SSSR count). The maximum absolute atomic E-state index is 12.2. The van der Waals surface area contributed by atoms with E-state index < -0.39 is 0 Å². The lowest BCUT2D eigenvalue weighted by Crippen LogP contribution is -2.21. The second-order valence-electron chi connectivity index (χ2n) is 10.6. The van der Waals surface area contributed by atoms with Crippen LogP contribution in [0.1, 0.15) is 57.6 Å². The number of benzene rings is 2. The fourth-order valence-electron chi connectivity index (χ4n) is 6.94. The summed E-state index contributed by atoms with van der Waals surface area (Å²) < 4.78 is 0. The number of aromatic amines is 2. The molecule has 2 aromatic heterocycles. The Morgan fingerprint density at radius 3 is 1.39 bits per heavy atom. The molecule has 0 saturated heterocycles. The monoisotopic (exact) mass is 474 g/mol. The van der Waals surface area contributed by atoms with Crippen LogP contribution in [0.4, 0.5) is 0 Å². The third-order valence-corrected chi connectivity index (χ3v) is 8.58. The fourth-order valence-corrected chi connectivity index (χ4v) is 6.94. The van der Waals surface area contributed by atoms with Crippen molar-refractivity contribution in [1.82, 2.24) is 9.97 Å². The number of nitrogens with one attached hydrogen (secondary N) is 2. The molecule has 0 aliphatic heterocycles. The maximum atomic E-state index is 12.2. The predicted molar refractivity (Wildman–Crippen MR) is 144 cm³/mol. The van der Waals surface area contributed by atoms with Crippen LogP contribution in [0.2, 0.25) is 0 Å². The topological polar surface area (TPSA) is 65.7 Å². The molecule has 0 atom stereocenters. The molecule has 4 aromatic rings. The van der Waals surface area contributed by atoms with E-state index in [1.807, 2.05) is 0 Å². The van der Waals surface area contributed by atoms with Crippen molar-refractivity contribution < 1.29 is 0 Å². The van der Waals surface area contributed by atoms with Gasteiger partial charge in [0.25, 0.3) is 11.1 Å². The second kappa shape index (κ2) is 8.48. The Morgan fingerprint density at radius 2 is 0.917 bits per heavy atom. The third-order valence-electron chi connectivity index (χ3n) is 8.58. The number of pyridine rings is 2. The highest BCUT2D eigenvalue weighted by Gasteiger charge is 2.27. The molecule has 4 nitrogen and oxygen atoms in total. The van der Waals surface area contributed by atoms with E-state index in [1.54, 1.807) is 0 Å². The van der Waals surface area contributed by atoms with Gasteiger partial charge in [-0.15, -0.1) is 0 Å². The quantitative estimate of drug-likeness (QED) is 0.365. The Bertz CT molecular complexity index is 1520. The van der Waals surface area contributed by atoms with Crippen LogP contribution in [0.3, 0.4) is 0 Å². The van der Waals surface area contributed by atoms with Crippen molar-refractivity contribution in [1.29, 1.82) is 0 Å². The van der Waals surface area contributed by atoms with Gasteiger partial charge in [0.05, 0.1) is 0 Å². The summed E-state index contributed by atoms with van der Waals surface area (Å²) in [5.41, 5.74) is 15.3. The molecular weight excluding hydrogens is 444 g/mol. The zero-order chi connectivity index (χ0) is 24.2. The Morgan fingerprint density at radius 1 is 0.472 bits per heavy atom. The van der Waals surface area contributed by atoms with E-state index >= 15 is 0 Å². The highest BCUT2D eigenvalue weighted by Crippen LogP contribution is 2.39. The van der Waals surface area contributed by atoms with Crippen LogP contribution < -0.4 is 11.1 Å². The van der Waals surface area contributed by atoms with Crippen LogP contribution in [0.25, 0.3) is 22.3 Å². The van der Waals surface area contributed by atoms with Crippen LogP contribution in [0.15, 0.2) is 58.1 Å². The SMILES string of the molecule is O=c1[nH]c2c(c3c1CCc1ccccc1-3)CCC2.O=c1[nH]c2c(c3c1CCc1ccccc1-3)CCC2. The van der Waals surface area contributed by atoms with Gasteiger partial charge in [-0.3, -0.25) is 9.59 Å². The van der Waals surface area contributed by atoms with Crippen molar-refractivity contribution in [2.75, 3.05) is 0 Å². The van der Waals surface area contributed by atoms with Crippen LogP contribution in [0, 0.1) is 0 Å². The van der Waals surface area contributed by atoms with Gasteiger partial charge < -0.3 is 9.97 Å². The molecule has 0 fully saturated rings. The van der Waals surface area contributed by atoms with Crippen molar-refractivity contribution in [2.24, 2.45) is 0 Å². The summed E-state index contributed by atoms with van der Waals surface area (Å²) in [5.74, 6) is 0. The van der Waals surface area contributed by atoms with E-state index in [4.69, 9.17) is 0 Å². The number of rotatable bonds is 0. The highest BCUT2D eigenvalue weighted by molar-refractivity contribution is 5.78. The number of aromatic nitrogens is 2. The molecule has 2 N–H and O–H groups in total. The number of hydrogen-bond donors (Lipinski definition) is 2. The van der Waals surface area contributed by atoms with Crippen molar-refractivity contribution in [3.05, 3.63) is 114 Å². The van der Waals surface area contributed by atoms with Gasteiger partial charge in [-0.05, 0) is 109 Å². The Labute approximate surface area is 210 Å². The lowest BCUT2D eigenvalue weighted by Gasteiger charge is -2.21. The Hall–Kier alpha value is -3.66. The summed E-state index contributed by atoms with van der Waals surface area (Å²) in [4.78, 5) is 30.5. The van der Waals surface area contributed by atoms with Gasteiger partial charge >= 0.3 is 0 Å². The molecule has 180 valence electrons. The van der Waals surface area contributed by atoms with Crippen molar-refractivity contribution in [3.63, 3.8) is 0 Å². The van der Waals surface area contributed by atoms with Crippen molar-refractivity contribution >= 4 is 0 Å². The standard InChI is InChI=1S/2C16H15NO/c2*18-16-13-9-8-10-4-1-2-5-11(10)15(13)12-6-3-7-14(12)17-16/h2*1-2,4-5H,3,6-9H2,(H,17,18). The van der Waals surface area contributed by atoms with Crippen LogP contribution in [-0.2, 0) is 51.4 Å². The first kappa shape index (κ1) is 21.6. The predicted octanol–water partition coefficient (Wildman–Crippen LogP) is 5.26. The van der Waals surface area contributed by atoms with Gasteiger partial charge in [0, 0.05) is 22.5 Å². The number of H-pyrrole nitrogens is 2. The minimum Gasteiger partial charge on any atom is -0.326 e. The van der Waals surface area contributed by atoms with Crippen LogP contribution in [-0.4, -0.2) is 9.97 Å². The minimum absolute atomic E-state index is 0.139. The molecule has 36 heavy (non-hydrogen) atoms. The van der Waals surface area contributed by atoms with E-state index in [-0.39, 0.29) is 11.1 Å². The van der Waals surface area contributed by atoms with Gasteiger partial charge in [0.2, 0.25) is 0 Å². The van der Waals surface area contributed by atoms with Gasteiger partial charge in [0.1, 0.15) is 0 Å². The number of hydrogen-bond acceptors (Lipinski definition) is 2. The molecule has 4 aliphatic carbocycles. The molecule has 0 saturated carbocycles. The van der Waals surface area contributed by atoms with Crippen molar-refractivity contribution in [3.8, 4) is 22.3 Å². The highest BCUT2D eigenvalue weighted by atomic mass is 16.1. The lowest BCUT2D eigenvalue weighted by molar-refractivity contribution is 0.892. The summed E-state index contributed by atoms with van der Waals surface area (Å²) in [7, 11) is 0. The first-order chi connectivity index (χ1) is 17.7. The van der Waals surface area contributed by atoms with Crippen LogP contribution >= 0.6 is 0 Å². The average molecular weight is 475 g/mol. The minimum atomic E-state index is 0.139. The zero-order valence-electron chi connectivity index (χ0n) is 20.5. The largest absolute Gasteiger partial charge is 0.326 e. The van der Waals surface area contributed by atoms with E-state index in [1.165, 1.54) is 68.7 Å². The van der Waals surface area contributed by atoms with Gasteiger partial charge in [0.15, 0.2) is 0 Å². The number of fused-ring (bicyclic) bond motifs is 10. The smallest absolute Gasteiger partial charge is 0.251 e. The lowest BCUT2D eigenvalue weighted by atomic mass is 9.83. The molecular formula is C32H30N2O2. The fraction of sp³-hybridized carbons (Fsp3) is 0.312. The molecule has 4 heteroatoms. The van der Waals surface area contributed by atoms with E-state index in [9.17, 15) is 9.59 Å². The molecule has 0 amide bonds. The summed E-state index contributed by atoms with van der Waals surface area (Å²) in [6.45, 7) is 0. The number of aryl methyl sites for hydroxylation is 4. The molecule has 0 radical (unpaired) electrons. The summed E-state index contributed by atoms with van der Waals surface area (Å²) in [5, 5.41) is 0. The van der Waals surface area contributed by atoms with Crippen molar-refractivity contribution in [2.45, 2.75) is 64.2 Å². The zero-order valence-corrected chi connectivity index (χ0v) is 20.5. The average Bonchev–Trinajstić information content (AvgIpc) is 3.58. The molecule has 0 unspecified atom stereocenters. The normalized spacial score (nSPS) is 16.0. The molecule has 2 heterocycles. The van der Waals surface area contributed by atoms with Gasteiger partial charge in [-0.1, -0.05) is 48.5 Å². The molecule has 0 bridgehead atoms. The third kappa shape index (κ3) is 3.35. The van der Waals surface area contributed by atoms with Gasteiger partial charge in [-0.2, -0.15) is 0 Å². The van der Waals surface area contributed by atoms with Gasteiger partial charge in [-0.25, -0.2) is 0 Å². The molecule has 0 spiro atoms. The van der Waals surface area contributed by atoms with E-state index in [0.717, 1.165) is 62.5 Å². The van der Waals surface area contributed by atoms with E-state index in [2.05, 4.69) is 58.5 Å². The first-order valence-electron chi connectivity index (χ1n) is 13.4. The molecule has 2 aromatic carbocycles. The van der Waals surface area contributed by atoms with E-state index in [0.29, 0.717) is 0 Å². The molecule has 4 aliphatic rings.